The Kier molecular flexibility index (Phi) is 51.3. The molecule has 0 aromatic rings. The van der Waals surface area contributed by atoms with Gasteiger partial charge < -0.3 is 0 Å². The zero-order chi connectivity index (χ0) is 39.6. The molecule has 0 saturated heterocycles. The fourth-order valence-electron chi connectivity index (χ4n) is 8.08. The zero-order valence-electron chi connectivity index (χ0n) is 38.7. The van der Waals surface area contributed by atoms with Gasteiger partial charge in [-0.05, 0) is 115 Å². The van der Waals surface area contributed by atoms with Gasteiger partial charge in [-0.1, -0.05) is 231 Å². The molecule has 0 aliphatic carbocycles. The minimum atomic E-state index is 0.284. The van der Waals surface area contributed by atoms with Gasteiger partial charge in [0.25, 0.3) is 0 Å². The molecule has 0 heterocycles. The van der Waals surface area contributed by atoms with Crippen LogP contribution in [0.3, 0.4) is 0 Å². The van der Waals surface area contributed by atoms with Crippen molar-refractivity contribution in [3.05, 3.63) is 36.5 Å². The van der Waals surface area contributed by atoms with Gasteiger partial charge in [-0.15, -0.1) is 7.92 Å². The molecule has 0 aliphatic rings. The molecule has 326 valence electrons. The second-order valence-corrected chi connectivity index (χ2v) is 20.3. The van der Waals surface area contributed by atoms with E-state index in [4.69, 9.17) is 0 Å². The molecule has 1 heteroatoms. The minimum Gasteiger partial charge on any atom is -0.107 e. The number of unbranched alkanes of at least 4 members (excludes halogenated alkanes) is 36. The van der Waals surface area contributed by atoms with E-state index in [0.29, 0.717) is 0 Å². The van der Waals surface area contributed by atoms with E-state index < -0.39 is 0 Å². The van der Waals surface area contributed by atoms with Gasteiger partial charge in [-0.3, -0.25) is 0 Å². The van der Waals surface area contributed by atoms with Crippen molar-refractivity contribution in [3.8, 4) is 0 Å². The summed E-state index contributed by atoms with van der Waals surface area (Å²) in [6, 6.07) is 0. The SMILES string of the molecule is CCCCCCCC/C=C\CCCCCCCCP(CCCCCCCC/C=C\CCCCCCCC)CCCCCCCC/C=C\CCCCCCCC. The first-order chi connectivity index (χ1) is 27.3. The van der Waals surface area contributed by atoms with E-state index in [1.807, 2.05) is 0 Å². The number of hydrogen-bond donors (Lipinski definition) is 0. The van der Waals surface area contributed by atoms with Gasteiger partial charge in [0, 0.05) is 0 Å². The molecule has 0 saturated carbocycles. The van der Waals surface area contributed by atoms with Crippen LogP contribution in [-0.2, 0) is 0 Å². The monoisotopic (exact) mass is 785 g/mol. The van der Waals surface area contributed by atoms with Crippen LogP contribution in [0.15, 0.2) is 36.5 Å². The number of rotatable bonds is 48. The molecule has 0 aromatic heterocycles. The second-order valence-electron chi connectivity index (χ2n) is 17.7. The van der Waals surface area contributed by atoms with Crippen LogP contribution in [-0.4, -0.2) is 18.5 Å². The highest BCUT2D eigenvalue weighted by molar-refractivity contribution is 7.57. The molecule has 0 amide bonds. The van der Waals surface area contributed by atoms with Crippen LogP contribution in [0.1, 0.15) is 290 Å². The van der Waals surface area contributed by atoms with Crippen molar-refractivity contribution in [2.45, 2.75) is 290 Å². The van der Waals surface area contributed by atoms with Gasteiger partial charge >= 0.3 is 0 Å². The molecular weight excluding hydrogens is 680 g/mol. The lowest BCUT2D eigenvalue weighted by Gasteiger charge is -2.18. The molecule has 0 nitrogen and oxygen atoms in total. The summed E-state index contributed by atoms with van der Waals surface area (Å²) in [5.41, 5.74) is 0. The van der Waals surface area contributed by atoms with E-state index in [9.17, 15) is 0 Å². The van der Waals surface area contributed by atoms with Crippen LogP contribution >= 0.6 is 7.92 Å². The lowest BCUT2D eigenvalue weighted by Crippen LogP contribution is -1.97. The Morgan fingerprint density at radius 1 is 0.200 bits per heavy atom. The molecule has 0 unspecified atom stereocenters. The molecule has 0 rings (SSSR count). The molecule has 0 aliphatic heterocycles. The molecule has 0 spiro atoms. The van der Waals surface area contributed by atoms with Crippen molar-refractivity contribution < 1.29 is 0 Å². The highest BCUT2D eigenvalue weighted by Crippen LogP contribution is 2.39. The maximum absolute atomic E-state index is 2.48. The van der Waals surface area contributed by atoms with Crippen molar-refractivity contribution in [1.82, 2.24) is 0 Å². The van der Waals surface area contributed by atoms with Gasteiger partial charge in [-0.25, -0.2) is 0 Å². The molecule has 0 atom stereocenters. The molecule has 55 heavy (non-hydrogen) atoms. The van der Waals surface area contributed by atoms with Crippen molar-refractivity contribution >= 4 is 7.92 Å². The van der Waals surface area contributed by atoms with E-state index >= 15 is 0 Å². The third kappa shape index (κ3) is 49.7. The Morgan fingerprint density at radius 3 is 0.564 bits per heavy atom. The minimum absolute atomic E-state index is 0.284. The van der Waals surface area contributed by atoms with E-state index in [0.717, 1.165) is 0 Å². The van der Waals surface area contributed by atoms with Crippen LogP contribution in [0.25, 0.3) is 0 Å². The average molecular weight is 785 g/mol. The van der Waals surface area contributed by atoms with Crippen molar-refractivity contribution in [1.29, 1.82) is 0 Å². The average Bonchev–Trinajstić information content (AvgIpc) is 3.20. The van der Waals surface area contributed by atoms with Crippen molar-refractivity contribution in [2.75, 3.05) is 18.5 Å². The second kappa shape index (κ2) is 51.7. The Balaban J connectivity index is 4.05. The fraction of sp³-hybridized carbons (Fsp3) is 0.889. The number of hydrogen-bond acceptors (Lipinski definition) is 0. The first kappa shape index (κ1) is 54.6. The third-order valence-electron chi connectivity index (χ3n) is 12.0. The molecule has 0 N–H and O–H groups in total. The van der Waals surface area contributed by atoms with E-state index in [1.54, 1.807) is 18.5 Å². The first-order valence-electron chi connectivity index (χ1n) is 26.0. The van der Waals surface area contributed by atoms with Crippen molar-refractivity contribution in [2.24, 2.45) is 0 Å². The van der Waals surface area contributed by atoms with E-state index in [1.165, 1.54) is 270 Å². The lowest BCUT2D eigenvalue weighted by molar-refractivity contribution is 0.603. The highest BCUT2D eigenvalue weighted by atomic mass is 31.1. The summed E-state index contributed by atoms with van der Waals surface area (Å²) in [5, 5.41) is 0. The highest BCUT2D eigenvalue weighted by Gasteiger charge is 2.08. The summed E-state index contributed by atoms with van der Waals surface area (Å²) >= 11 is 0. The lowest BCUT2D eigenvalue weighted by atomic mass is 10.1. The maximum atomic E-state index is 2.48. The predicted octanol–water partition coefficient (Wildman–Crippen LogP) is 20.6. The van der Waals surface area contributed by atoms with Crippen molar-refractivity contribution in [3.63, 3.8) is 0 Å². The molecule has 0 bridgehead atoms. The normalized spacial score (nSPS) is 12.2. The van der Waals surface area contributed by atoms with Gasteiger partial charge in [-0.2, -0.15) is 0 Å². The van der Waals surface area contributed by atoms with Crippen LogP contribution in [0, 0.1) is 0 Å². The summed E-state index contributed by atoms with van der Waals surface area (Å²) in [6.07, 6.45) is 79.4. The Labute approximate surface area is 352 Å². The Morgan fingerprint density at radius 2 is 0.364 bits per heavy atom. The standard InChI is InChI=1S/C54H105P/c1-4-7-10-13-16-19-22-25-28-31-34-37-40-43-46-49-52-55(53-50-47-44-41-38-35-32-29-26-23-20-17-14-11-8-5-2)54-51-48-45-42-39-36-33-30-27-24-21-18-15-12-9-6-3/h25-30H,4-24,31-54H2,1-3H3/b28-25-,29-26-,30-27-. The third-order valence-corrected chi connectivity index (χ3v) is 14.8. The van der Waals surface area contributed by atoms with Crippen LogP contribution < -0.4 is 0 Å². The maximum Gasteiger partial charge on any atom is -0.0326 e. The molecule has 0 aromatic carbocycles. The Bertz CT molecular complexity index is 648. The van der Waals surface area contributed by atoms with Gasteiger partial charge in [0.2, 0.25) is 0 Å². The van der Waals surface area contributed by atoms with Crippen LogP contribution in [0.2, 0.25) is 0 Å². The summed E-state index contributed by atoms with van der Waals surface area (Å²) in [4.78, 5) is 0. The van der Waals surface area contributed by atoms with Crippen LogP contribution in [0.4, 0.5) is 0 Å². The van der Waals surface area contributed by atoms with Crippen LogP contribution in [0.5, 0.6) is 0 Å². The zero-order valence-corrected chi connectivity index (χ0v) is 39.6. The summed E-state index contributed by atoms with van der Waals surface area (Å²) < 4.78 is 0. The largest absolute Gasteiger partial charge is 0.107 e. The quantitative estimate of drug-likeness (QED) is 0.0327. The molecular formula is C54H105P. The molecule has 0 fully saturated rings. The van der Waals surface area contributed by atoms with E-state index in [2.05, 4.69) is 57.2 Å². The van der Waals surface area contributed by atoms with Gasteiger partial charge in [0.15, 0.2) is 0 Å². The summed E-state index contributed by atoms with van der Waals surface area (Å²) in [5.74, 6) is 0. The smallest absolute Gasteiger partial charge is 0.0326 e. The number of allylic oxidation sites excluding steroid dienone is 6. The van der Waals surface area contributed by atoms with Gasteiger partial charge in [0.05, 0.1) is 0 Å². The molecule has 0 radical (unpaired) electrons. The fourth-order valence-corrected chi connectivity index (χ4v) is 10.8. The topological polar surface area (TPSA) is 0 Å². The Hall–Kier alpha value is -0.350. The predicted molar refractivity (Wildman–Crippen MR) is 260 cm³/mol. The van der Waals surface area contributed by atoms with Gasteiger partial charge in [0.1, 0.15) is 0 Å². The first-order valence-corrected chi connectivity index (χ1v) is 27.9. The summed E-state index contributed by atoms with van der Waals surface area (Å²) in [6.45, 7) is 6.92. The van der Waals surface area contributed by atoms with E-state index in [-0.39, 0.29) is 7.92 Å². The summed E-state index contributed by atoms with van der Waals surface area (Å²) in [7, 11) is 0.284.